The van der Waals surface area contributed by atoms with Gasteiger partial charge >= 0.3 is 5.97 Å². The predicted molar refractivity (Wildman–Crippen MR) is 87.4 cm³/mol. The average Bonchev–Trinajstić information content (AvgIpc) is 2.56. The van der Waals surface area contributed by atoms with Gasteiger partial charge in [0.05, 0.1) is 18.0 Å². The third kappa shape index (κ3) is 4.10. The van der Waals surface area contributed by atoms with E-state index in [1.807, 2.05) is 0 Å². The molecule has 0 atom stereocenters. The second-order valence-corrected chi connectivity index (χ2v) is 5.97. The summed E-state index contributed by atoms with van der Waals surface area (Å²) >= 11 is 0. The van der Waals surface area contributed by atoms with Gasteiger partial charge in [-0.05, 0) is 19.8 Å². The topological polar surface area (TPSA) is 98.5 Å². The van der Waals surface area contributed by atoms with Crippen molar-refractivity contribution in [2.24, 2.45) is 0 Å². The second-order valence-electron chi connectivity index (χ2n) is 5.97. The van der Waals surface area contributed by atoms with Gasteiger partial charge in [0, 0.05) is 11.6 Å². The van der Waals surface area contributed by atoms with E-state index < -0.39 is 22.3 Å². The molecule has 1 N–H and O–H groups in total. The Kier molecular flexibility index (Phi) is 5.89. The molecular formula is C17H22N2O5. The molecule has 0 radical (unpaired) electrons. The molecule has 130 valence electrons. The van der Waals surface area contributed by atoms with Gasteiger partial charge in [-0.2, -0.15) is 0 Å². The van der Waals surface area contributed by atoms with Crippen molar-refractivity contribution in [1.29, 1.82) is 0 Å². The highest BCUT2D eigenvalue weighted by Gasteiger charge is 2.42. The Bertz CT molecular complexity index is 623. The van der Waals surface area contributed by atoms with Gasteiger partial charge in [-0.1, -0.05) is 37.5 Å². The number of ether oxygens (including phenoxy) is 1. The van der Waals surface area contributed by atoms with E-state index in [9.17, 15) is 19.7 Å². The lowest BCUT2D eigenvalue weighted by molar-refractivity contribution is -0.385. The number of esters is 1. The fourth-order valence-corrected chi connectivity index (χ4v) is 3.13. The number of rotatable bonds is 6. The summed E-state index contributed by atoms with van der Waals surface area (Å²) in [5.74, 6) is -0.820. The molecule has 1 aliphatic carbocycles. The molecule has 1 fully saturated rings. The summed E-state index contributed by atoms with van der Waals surface area (Å²) in [4.78, 5) is 35.3. The minimum atomic E-state index is -1.01. The van der Waals surface area contributed by atoms with Crippen LogP contribution in [-0.4, -0.2) is 28.9 Å². The van der Waals surface area contributed by atoms with Crippen LogP contribution >= 0.6 is 0 Å². The zero-order valence-corrected chi connectivity index (χ0v) is 13.7. The van der Waals surface area contributed by atoms with Crippen LogP contribution in [0.5, 0.6) is 0 Å². The van der Waals surface area contributed by atoms with E-state index in [2.05, 4.69) is 5.32 Å². The minimum absolute atomic E-state index is 0.0959. The van der Waals surface area contributed by atoms with Crippen molar-refractivity contribution in [2.75, 3.05) is 6.61 Å². The number of nitrogens with zero attached hydrogens (tertiary/aromatic N) is 1. The molecule has 0 heterocycles. The monoisotopic (exact) mass is 334 g/mol. The number of benzene rings is 1. The molecule has 7 nitrogen and oxygen atoms in total. The van der Waals surface area contributed by atoms with Crippen LogP contribution in [0.2, 0.25) is 0 Å². The van der Waals surface area contributed by atoms with Gasteiger partial charge in [-0.25, -0.2) is 4.79 Å². The molecule has 0 aliphatic heterocycles. The van der Waals surface area contributed by atoms with Crippen LogP contribution in [0.1, 0.15) is 44.6 Å². The van der Waals surface area contributed by atoms with Gasteiger partial charge in [-0.3, -0.25) is 14.9 Å². The molecule has 1 aromatic rings. The lowest BCUT2D eigenvalue weighted by Gasteiger charge is -2.35. The molecular weight excluding hydrogens is 312 g/mol. The lowest BCUT2D eigenvalue weighted by Crippen LogP contribution is -2.56. The number of nitro benzene ring substituents is 1. The Balaban J connectivity index is 2.14. The summed E-state index contributed by atoms with van der Waals surface area (Å²) in [7, 11) is 0. The molecule has 2 rings (SSSR count). The number of nitrogens with one attached hydrogen (secondary N) is 1. The SMILES string of the molecule is CCOC(=O)C1(NC(=O)Cc2ccccc2[N+](=O)[O-])CCCCC1. The quantitative estimate of drug-likeness (QED) is 0.489. The Morgan fingerprint density at radius 1 is 1.25 bits per heavy atom. The zero-order valence-electron chi connectivity index (χ0n) is 13.7. The Labute approximate surface area is 140 Å². The first kappa shape index (κ1) is 17.9. The normalized spacial score (nSPS) is 16.2. The maximum Gasteiger partial charge on any atom is 0.331 e. The van der Waals surface area contributed by atoms with E-state index in [4.69, 9.17) is 4.74 Å². The van der Waals surface area contributed by atoms with Crippen molar-refractivity contribution in [3.8, 4) is 0 Å². The maximum absolute atomic E-state index is 12.4. The van der Waals surface area contributed by atoms with Gasteiger partial charge in [0.1, 0.15) is 5.54 Å². The average molecular weight is 334 g/mol. The second kappa shape index (κ2) is 7.90. The van der Waals surface area contributed by atoms with Crippen LogP contribution in [0, 0.1) is 10.1 Å². The predicted octanol–water partition coefficient (Wildman–Crippen LogP) is 2.52. The number of para-hydroxylation sites is 1. The smallest absolute Gasteiger partial charge is 0.331 e. The van der Waals surface area contributed by atoms with Crippen LogP contribution in [-0.2, 0) is 20.7 Å². The number of carbonyl (C=O) groups is 2. The van der Waals surface area contributed by atoms with Crippen molar-refractivity contribution in [3.63, 3.8) is 0 Å². The van der Waals surface area contributed by atoms with E-state index in [1.54, 1.807) is 25.1 Å². The molecule has 7 heteroatoms. The maximum atomic E-state index is 12.4. The summed E-state index contributed by atoms with van der Waals surface area (Å²) in [6, 6.07) is 6.12. The number of amides is 1. The Morgan fingerprint density at radius 2 is 1.92 bits per heavy atom. The Morgan fingerprint density at radius 3 is 2.54 bits per heavy atom. The summed E-state index contributed by atoms with van der Waals surface area (Å²) in [6.07, 6.45) is 3.62. The van der Waals surface area contributed by atoms with Crippen LogP contribution in [0.4, 0.5) is 5.69 Å². The van der Waals surface area contributed by atoms with Crippen molar-refractivity contribution >= 4 is 17.6 Å². The highest BCUT2D eigenvalue weighted by molar-refractivity contribution is 5.89. The highest BCUT2D eigenvalue weighted by Crippen LogP contribution is 2.30. The zero-order chi connectivity index (χ0) is 17.6. The van der Waals surface area contributed by atoms with Gasteiger partial charge < -0.3 is 10.1 Å². The summed E-state index contributed by atoms with van der Waals surface area (Å²) in [5.41, 5.74) is -0.772. The van der Waals surface area contributed by atoms with E-state index in [0.717, 1.165) is 19.3 Å². The van der Waals surface area contributed by atoms with Crippen LogP contribution in [0.15, 0.2) is 24.3 Å². The fourth-order valence-electron chi connectivity index (χ4n) is 3.13. The van der Waals surface area contributed by atoms with Gasteiger partial charge in [0.25, 0.3) is 5.69 Å². The van der Waals surface area contributed by atoms with E-state index in [0.29, 0.717) is 18.4 Å². The molecule has 0 bridgehead atoms. The summed E-state index contributed by atoms with van der Waals surface area (Å²) in [5, 5.41) is 13.8. The van der Waals surface area contributed by atoms with E-state index >= 15 is 0 Å². The van der Waals surface area contributed by atoms with Crippen molar-refractivity contribution in [3.05, 3.63) is 39.9 Å². The molecule has 24 heavy (non-hydrogen) atoms. The minimum Gasteiger partial charge on any atom is -0.464 e. The molecule has 1 aromatic carbocycles. The molecule has 1 saturated carbocycles. The number of carbonyl (C=O) groups excluding carboxylic acids is 2. The van der Waals surface area contributed by atoms with Crippen molar-refractivity contribution in [1.82, 2.24) is 5.32 Å². The van der Waals surface area contributed by atoms with Crippen LogP contribution < -0.4 is 5.32 Å². The number of hydrogen-bond acceptors (Lipinski definition) is 5. The summed E-state index contributed by atoms with van der Waals surface area (Å²) < 4.78 is 5.14. The van der Waals surface area contributed by atoms with Crippen molar-refractivity contribution in [2.45, 2.75) is 51.0 Å². The third-order valence-electron chi connectivity index (χ3n) is 4.29. The number of hydrogen-bond donors (Lipinski definition) is 1. The van der Waals surface area contributed by atoms with Gasteiger partial charge in [0.15, 0.2) is 0 Å². The highest BCUT2D eigenvalue weighted by atomic mass is 16.6. The molecule has 0 saturated heterocycles. The molecule has 0 spiro atoms. The van der Waals surface area contributed by atoms with E-state index in [-0.39, 0.29) is 18.7 Å². The molecule has 0 unspecified atom stereocenters. The molecule has 1 amide bonds. The van der Waals surface area contributed by atoms with Crippen LogP contribution in [0.25, 0.3) is 0 Å². The standard InChI is InChI=1S/C17H22N2O5/c1-2-24-16(21)17(10-6-3-7-11-17)18-15(20)12-13-8-4-5-9-14(13)19(22)23/h4-5,8-9H,2-3,6-7,10-12H2,1H3,(H,18,20). The largest absolute Gasteiger partial charge is 0.464 e. The summed E-state index contributed by atoms with van der Waals surface area (Å²) in [6.45, 7) is 1.98. The van der Waals surface area contributed by atoms with Crippen molar-refractivity contribution < 1.29 is 19.2 Å². The van der Waals surface area contributed by atoms with Gasteiger partial charge in [0.2, 0.25) is 5.91 Å². The fraction of sp³-hybridized carbons (Fsp3) is 0.529. The van der Waals surface area contributed by atoms with Gasteiger partial charge in [-0.15, -0.1) is 0 Å². The first-order valence-electron chi connectivity index (χ1n) is 8.19. The van der Waals surface area contributed by atoms with E-state index in [1.165, 1.54) is 6.07 Å². The van der Waals surface area contributed by atoms with Crippen LogP contribution in [0.3, 0.4) is 0 Å². The first-order chi connectivity index (χ1) is 11.5. The lowest BCUT2D eigenvalue weighted by atomic mass is 9.81. The number of nitro groups is 1. The Hall–Kier alpha value is -2.44. The molecule has 1 aliphatic rings. The molecule has 0 aromatic heterocycles. The first-order valence-corrected chi connectivity index (χ1v) is 8.19. The third-order valence-corrected chi connectivity index (χ3v) is 4.29.